The second kappa shape index (κ2) is 7.94. The lowest BCUT2D eigenvalue weighted by Crippen LogP contribution is -2.48. The van der Waals surface area contributed by atoms with Crippen LogP contribution < -0.4 is 4.90 Å². The highest BCUT2D eigenvalue weighted by Gasteiger charge is 2.20. The number of nitrogens with zero attached hydrogens (tertiary/aromatic N) is 4. The molecule has 1 aromatic rings. The van der Waals surface area contributed by atoms with Crippen LogP contribution in [0.3, 0.4) is 0 Å². The molecule has 1 aliphatic heterocycles. The van der Waals surface area contributed by atoms with Crippen LogP contribution in [0.5, 0.6) is 0 Å². The van der Waals surface area contributed by atoms with Crippen molar-refractivity contribution in [3.05, 3.63) is 17.3 Å². The van der Waals surface area contributed by atoms with Crippen LogP contribution in [0.2, 0.25) is 5.15 Å². The summed E-state index contributed by atoms with van der Waals surface area (Å²) in [5.74, 6) is 1.03. The molecule has 19 heavy (non-hydrogen) atoms. The molecule has 0 bridgehead atoms. The Morgan fingerprint density at radius 3 is 2.32 bits per heavy atom. The lowest BCUT2D eigenvalue weighted by atomic mass is 10.3. The molecular weight excluding hydrogens is 264 g/mol. The fourth-order valence-corrected chi connectivity index (χ4v) is 1.99. The predicted molar refractivity (Wildman–Crippen MR) is 77.5 cm³/mol. The number of amides is 1. The number of carbonyl (C=O) groups excluding carboxylic acids is 1. The van der Waals surface area contributed by atoms with Crippen molar-refractivity contribution in [1.29, 1.82) is 0 Å². The van der Waals surface area contributed by atoms with E-state index in [1.165, 1.54) is 0 Å². The Morgan fingerprint density at radius 1 is 1.21 bits per heavy atom. The monoisotopic (exact) mass is 284 g/mol. The van der Waals surface area contributed by atoms with Gasteiger partial charge in [-0.1, -0.05) is 32.4 Å². The molecule has 5 nitrogen and oxygen atoms in total. The van der Waals surface area contributed by atoms with Crippen LogP contribution in [0.4, 0.5) is 5.82 Å². The van der Waals surface area contributed by atoms with E-state index in [9.17, 15) is 4.79 Å². The van der Waals surface area contributed by atoms with Gasteiger partial charge >= 0.3 is 0 Å². The number of hydrogen-bond acceptors (Lipinski definition) is 4. The number of carbonyl (C=O) groups is 1. The molecule has 1 saturated heterocycles. The largest absolute Gasteiger partial charge is 0.352 e. The van der Waals surface area contributed by atoms with Crippen LogP contribution in [-0.4, -0.2) is 47.2 Å². The van der Waals surface area contributed by atoms with Gasteiger partial charge in [0.15, 0.2) is 11.0 Å². The summed E-state index contributed by atoms with van der Waals surface area (Å²) in [6, 6.07) is 3.58. The van der Waals surface area contributed by atoms with E-state index in [0.29, 0.717) is 11.6 Å². The molecule has 0 spiro atoms. The molecule has 0 radical (unpaired) electrons. The van der Waals surface area contributed by atoms with Crippen molar-refractivity contribution >= 4 is 23.3 Å². The molecule has 2 heterocycles. The van der Waals surface area contributed by atoms with Gasteiger partial charge in [0.25, 0.3) is 0 Å². The molecular formula is C13H21ClN4O. The van der Waals surface area contributed by atoms with Crippen molar-refractivity contribution in [2.45, 2.75) is 27.2 Å². The summed E-state index contributed by atoms with van der Waals surface area (Å²) in [5.41, 5.74) is 0. The standard InChI is InChI=1S/C11H15ClN4O.C2H6/c1-2-11(17)16-7-5-15(6-8-16)10-4-3-9(12)13-14-10;1-2/h3-4H,2,5-8H2,1H3;1-2H3. The summed E-state index contributed by atoms with van der Waals surface area (Å²) >= 11 is 5.69. The van der Waals surface area contributed by atoms with E-state index in [2.05, 4.69) is 15.1 Å². The minimum Gasteiger partial charge on any atom is -0.352 e. The number of rotatable bonds is 2. The number of anilines is 1. The van der Waals surface area contributed by atoms with Gasteiger partial charge in [0.1, 0.15) is 0 Å². The van der Waals surface area contributed by atoms with Crippen molar-refractivity contribution in [3.63, 3.8) is 0 Å². The fourth-order valence-electron chi connectivity index (χ4n) is 1.89. The highest BCUT2D eigenvalue weighted by Crippen LogP contribution is 2.14. The van der Waals surface area contributed by atoms with Gasteiger partial charge in [0.05, 0.1) is 0 Å². The van der Waals surface area contributed by atoms with Crippen molar-refractivity contribution in [2.24, 2.45) is 0 Å². The van der Waals surface area contributed by atoms with Crippen molar-refractivity contribution < 1.29 is 4.79 Å². The first kappa shape index (κ1) is 15.7. The third-order valence-electron chi connectivity index (χ3n) is 2.88. The Bertz CT molecular complexity index is 388. The first-order valence-electron chi connectivity index (χ1n) is 6.72. The molecule has 0 aromatic carbocycles. The molecule has 6 heteroatoms. The zero-order chi connectivity index (χ0) is 14.3. The summed E-state index contributed by atoms with van der Waals surface area (Å²) in [7, 11) is 0. The van der Waals surface area contributed by atoms with E-state index in [4.69, 9.17) is 11.6 Å². The van der Waals surface area contributed by atoms with Crippen LogP contribution >= 0.6 is 11.6 Å². The van der Waals surface area contributed by atoms with Crippen molar-refractivity contribution in [2.75, 3.05) is 31.1 Å². The Labute approximate surface area is 119 Å². The third-order valence-corrected chi connectivity index (χ3v) is 3.08. The van der Waals surface area contributed by atoms with Crippen LogP contribution in [0.25, 0.3) is 0 Å². The summed E-state index contributed by atoms with van der Waals surface area (Å²) in [6.45, 7) is 8.97. The Hall–Kier alpha value is -1.36. The Kier molecular flexibility index (Phi) is 6.56. The van der Waals surface area contributed by atoms with E-state index < -0.39 is 0 Å². The average Bonchev–Trinajstić information content (AvgIpc) is 2.49. The summed E-state index contributed by atoms with van der Waals surface area (Å²) in [6.07, 6.45) is 0.570. The molecule has 2 rings (SSSR count). The van der Waals surface area contributed by atoms with Crippen LogP contribution in [0, 0.1) is 0 Å². The highest BCUT2D eigenvalue weighted by molar-refractivity contribution is 6.29. The lowest BCUT2D eigenvalue weighted by molar-refractivity contribution is -0.131. The number of piperazine rings is 1. The summed E-state index contributed by atoms with van der Waals surface area (Å²) in [5, 5.41) is 8.25. The maximum atomic E-state index is 11.5. The SMILES string of the molecule is CC.CCC(=O)N1CCN(c2ccc(Cl)nn2)CC1. The average molecular weight is 285 g/mol. The van der Waals surface area contributed by atoms with Crippen LogP contribution in [0.1, 0.15) is 27.2 Å². The Balaban J connectivity index is 0.000000861. The normalized spacial score (nSPS) is 14.7. The number of hydrogen-bond donors (Lipinski definition) is 0. The summed E-state index contributed by atoms with van der Waals surface area (Å²) in [4.78, 5) is 15.5. The maximum Gasteiger partial charge on any atom is 0.222 e. The molecule has 1 amide bonds. The zero-order valence-corrected chi connectivity index (χ0v) is 12.5. The van der Waals surface area contributed by atoms with Crippen LogP contribution in [-0.2, 0) is 4.79 Å². The molecule has 0 N–H and O–H groups in total. The number of halogens is 1. The molecule has 1 aromatic heterocycles. The second-order valence-electron chi connectivity index (χ2n) is 3.94. The van der Waals surface area contributed by atoms with Gasteiger partial charge in [0, 0.05) is 32.6 Å². The summed E-state index contributed by atoms with van der Waals surface area (Å²) < 4.78 is 0. The van der Waals surface area contributed by atoms with Gasteiger partial charge in [-0.25, -0.2) is 0 Å². The lowest BCUT2D eigenvalue weighted by Gasteiger charge is -2.35. The van der Waals surface area contributed by atoms with E-state index in [0.717, 1.165) is 32.0 Å². The first-order chi connectivity index (χ1) is 9.20. The van der Waals surface area contributed by atoms with Crippen molar-refractivity contribution in [1.82, 2.24) is 15.1 Å². The second-order valence-corrected chi connectivity index (χ2v) is 4.32. The maximum absolute atomic E-state index is 11.5. The minimum atomic E-state index is 0.215. The van der Waals surface area contributed by atoms with Gasteiger partial charge < -0.3 is 9.80 Å². The minimum absolute atomic E-state index is 0.215. The fraction of sp³-hybridized carbons (Fsp3) is 0.615. The van der Waals surface area contributed by atoms with Gasteiger partial charge in [-0.3, -0.25) is 4.79 Å². The molecule has 0 unspecified atom stereocenters. The molecule has 106 valence electrons. The molecule has 0 atom stereocenters. The topological polar surface area (TPSA) is 49.3 Å². The zero-order valence-electron chi connectivity index (χ0n) is 11.8. The third kappa shape index (κ3) is 4.35. The van der Waals surface area contributed by atoms with E-state index in [1.807, 2.05) is 31.7 Å². The van der Waals surface area contributed by atoms with Crippen LogP contribution in [0.15, 0.2) is 12.1 Å². The molecule has 1 aliphatic rings. The van der Waals surface area contributed by atoms with E-state index in [-0.39, 0.29) is 5.91 Å². The molecule has 0 saturated carbocycles. The Morgan fingerprint density at radius 2 is 1.84 bits per heavy atom. The van der Waals surface area contributed by atoms with E-state index in [1.54, 1.807) is 6.07 Å². The predicted octanol–water partition coefficient (Wildman–Crippen LogP) is 2.21. The van der Waals surface area contributed by atoms with Gasteiger partial charge in [-0.05, 0) is 12.1 Å². The number of aromatic nitrogens is 2. The first-order valence-corrected chi connectivity index (χ1v) is 7.10. The smallest absolute Gasteiger partial charge is 0.222 e. The van der Waals surface area contributed by atoms with Gasteiger partial charge in [0.2, 0.25) is 5.91 Å². The quantitative estimate of drug-likeness (QED) is 0.835. The molecule has 0 aliphatic carbocycles. The van der Waals surface area contributed by atoms with Gasteiger partial charge in [-0.15, -0.1) is 10.2 Å². The molecule has 1 fully saturated rings. The van der Waals surface area contributed by atoms with Gasteiger partial charge in [-0.2, -0.15) is 0 Å². The van der Waals surface area contributed by atoms with E-state index >= 15 is 0 Å². The highest BCUT2D eigenvalue weighted by atomic mass is 35.5. The van der Waals surface area contributed by atoms with Crippen molar-refractivity contribution in [3.8, 4) is 0 Å².